The quantitative estimate of drug-likeness (QED) is 0.642. The Labute approximate surface area is 86.1 Å². The van der Waals surface area contributed by atoms with Crippen molar-refractivity contribution in [3.63, 3.8) is 0 Å². The standard InChI is InChI=1S/C9H11N3O3/c1-5(9(14)15)12-8(13)7-3-2-6(10)4-11-7/h2-5H,10H2,1H3,(H,12,13)(H,14,15). The Morgan fingerprint density at radius 2 is 2.20 bits per heavy atom. The molecule has 0 spiro atoms. The van der Waals surface area contributed by atoms with Crippen molar-refractivity contribution >= 4 is 17.6 Å². The Kier molecular flexibility index (Phi) is 3.22. The largest absolute Gasteiger partial charge is 0.480 e. The zero-order chi connectivity index (χ0) is 11.4. The Balaban J connectivity index is 2.69. The number of carboxylic acid groups (broad SMARTS) is 1. The Morgan fingerprint density at radius 3 is 2.67 bits per heavy atom. The van der Waals surface area contributed by atoms with Crippen molar-refractivity contribution < 1.29 is 14.7 Å². The maximum Gasteiger partial charge on any atom is 0.325 e. The lowest BCUT2D eigenvalue weighted by Crippen LogP contribution is -2.38. The maximum absolute atomic E-state index is 11.4. The average molecular weight is 209 g/mol. The molecule has 1 amide bonds. The molecule has 0 fully saturated rings. The Bertz CT molecular complexity index is 375. The molecule has 6 heteroatoms. The first-order valence-electron chi connectivity index (χ1n) is 4.26. The van der Waals surface area contributed by atoms with E-state index >= 15 is 0 Å². The lowest BCUT2D eigenvalue weighted by atomic mass is 10.3. The van der Waals surface area contributed by atoms with Crippen LogP contribution in [0.3, 0.4) is 0 Å². The molecule has 4 N–H and O–H groups in total. The highest BCUT2D eigenvalue weighted by molar-refractivity contribution is 5.94. The molecule has 1 unspecified atom stereocenters. The molecular formula is C9H11N3O3. The van der Waals surface area contributed by atoms with Crippen molar-refractivity contribution in [2.45, 2.75) is 13.0 Å². The summed E-state index contributed by atoms with van der Waals surface area (Å²) < 4.78 is 0. The maximum atomic E-state index is 11.4. The van der Waals surface area contributed by atoms with E-state index in [9.17, 15) is 9.59 Å². The van der Waals surface area contributed by atoms with Gasteiger partial charge >= 0.3 is 5.97 Å². The summed E-state index contributed by atoms with van der Waals surface area (Å²) in [6, 6.07) is 2.00. The molecule has 0 aromatic carbocycles. The van der Waals surface area contributed by atoms with Crippen LogP contribution in [0.5, 0.6) is 0 Å². The van der Waals surface area contributed by atoms with Gasteiger partial charge in [0.2, 0.25) is 0 Å². The van der Waals surface area contributed by atoms with Crippen LogP contribution in [-0.2, 0) is 4.79 Å². The molecule has 1 atom stereocenters. The molecular weight excluding hydrogens is 198 g/mol. The molecule has 1 heterocycles. The van der Waals surface area contributed by atoms with Gasteiger partial charge in [0.1, 0.15) is 11.7 Å². The number of carbonyl (C=O) groups excluding carboxylic acids is 1. The number of nitrogens with zero attached hydrogens (tertiary/aromatic N) is 1. The van der Waals surface area contributed by atoms with Gasteiger partial charge in [0.25, 0.3) is 5.91 Å². The van der Waals surface area contributed by atoms with Crippen LogP contribution in [-0.4, -0.2) is 28.0 Å². The third kappa shape index (κ3) is 2.94. The third-order valence-corrected chi connectivity index (χ3v) is 1.74. The molecule has 80 valence electrons. The normalized spacial score (nSPS) is 11.8. The van der Waals surface area contributed by atoms with Crippen molar-refractivity contribution in [2.75, 3.05) is 5.73 Å². The molecule has 0 aliphatic heterocycles. The molecule has 0 radical (unpaired) electrons. The molecule has 0 bridgehead atoms. The second kappa shape index (κ2) is 4.41. The van der Waals surface area contributed by atoms with Crippen molar-refractivity contribution in [3.8, 4) is 0 Å². The van der Waals surface area contributed by atoms with Crippen LogP contribution in [0.1, 0.15) is 17.4 Å². The minimum absolute atomic E-state index is 0.136. The number of rotatable bonds is 3. The van der Waals surface area contributed by atoms with Crippen molar-refractivity contribution in [1.82, 2.24) is 10.3 Å². The number of nitrogens with one attached hydrogen (secondary N) is 1. The molecule has 0 aliphatic rings. The van der Waals surface area contributed by atoms with E-state index in [1.165, 1.54) is 25.3 Å². The van der Waals surface area contributed by atoms with Gasteiger partial charge in [-0.1, -0.05) is 0 Å². The Hall–Kier alpha value is -2.11. The molecule has 0 aliphatic carbocycles. The summed E-state index contributed by atoms with van der Waals surface area (Å²) in [6.07, 6.45) is 1.33. The predicted octanol–water partition coefficient (Wildman–Crippen LogP) is -0.133. The first-order chi connectivity index (χ1) is 7.00. The van der Waals surface area contributed by atoms with Gasteiger partial charge in [-0.05, 0) is 19.1 Å². The fourth-order valence-electron chi connectivity index (χ4n) is 0.872. The van der Waals surface area contributed by atoms with Gasteiger partial charge in [0.15, 0.2) is 0 Å². The number of aromatic nitrogens is 1. The predicted molar refractivity (Wildman–Crippen MR) is 53.2 cm³/mol. The summed E-state index contributed by atoms with van der Waals surface area (Å²) in [5.41, 5.74) is 5.97. The highest BCUT2D eigenvalue weighted by Gasteiger charge is 2.15. The summed E-state index contributed by atoms with van der Waals surface area (Å²) in [4.78, 5) is 25.6. The number of hydrogen-bond acceptors (Lipinski definition) is 4. The second-order valence-electron chi connectivity index (χ2n) is 3.01. The first-order valence-corrected chi connectivity index (χ1v) is 4.26. The minimum atomic E-state index is -1.10. The molecule has 15 heavy (non-hydrogen) atoms. The van der Waals surface area contributed by atoms with Gasteiger partial charge < -0.3 is 16.2 Å². The molecule has 1 aromatic rings. The summed E-state index contributed by atoms with van der Waals surface area (Å²) in [5.74, 6) is -1.64. The van der Waals surface area contributed by atoms with Crippen LogP contribution in [0.25, 0.3) is 0 Å². The molecule has 1 rings (SSSR count). The fraction of sp³-hybridized carbons (Fsp3) is 0.222. The number of nitrogens with two attached hydrogens (primary N) is 1. The lowest BCUT2D eigenvalue weighted by molar-refractivity contribution is -0.138. The molecule has 0 saturated heterocycles. The molecule has 0 saturated carbocycles. The van der Waals surface area contributed by atoms with E-state index in [2.05, 4.69) is 10.3 Å². The second-order valence-corrected chi connectivity index (χ2v) is 3.01. The number of aliphatic carboxylic acids is 1. The number of hydrogen-bond donors (Lipinski definition) is 3. The summed E-state index contributed by atoms with van der Waals surface area (Å²) >= 11 is 0. The van der Waals surface area contributed by atoms with Crippen LogP contribution >= 0.6 is 0 Å². The van der Waals surface area contributed by atoms with Crippen LogP contribution in [0, 0.1) is 0 Å². The van der Waals surface area contributed by atoms with Gasteiger partial charge in [0, 0.05) is 0 Å². The van der Waals surface area contributed by atoms with Gasteiger partial charge in [-0.15, -0.1) is 0 Å². The van der Waals surface area contributed by atoms with Crippen LogP contribution < -0.4 is 11.1 Å². The van der Waals surface area contributed by atoms with Crippen LogP contribution in [0.15, 0.2) is 18.3 Å². The highest BCUT2D eigenvalue weighted by atomic mass is 16.4. The van der Waals surface area contributed by atoms with Gasteiger partial charge in [-0.3, -0.25) is 9.59 Å². The number of anilines is 1. The van der Waals surface area contributed by atoms with E-state index in [0.29, 0.717) is 5.69 Å². The van der Waals surface area contributed by atoms with E-state index in [1.54, 1.807) is 0 Å². The van der Waals surface area contributed by atoms with Crippen LogP contribution in [0.2, 0.25) is 0 Å². The molecule has 6 nitrogen and oxygen atoms in total. The SMILES string of the molecule is CC(NC(=O)c1ccc(N)cn1)C(=O)O. The van der Waals surface area contributed by atoms with Gasteiger partial charge in [0.05, 0.1) is 11.9 Å². The zero-order valence-electron chi connectivity index (χ0n) is 8.10. The van der Waals surface area contributed by atoms with E-state index in [4.69, 9.17) is 10.8 Å². The summed E-state index contributed by atoms with van der Waals surface area (Å²) in [7, 11) is 0. The summed E-state index contributed by atoms with van der Waals surface area (Å²) in [6.45, 7) is 1.37. The van der Waals surface area contributed by atoms with E-state index in [1.807, 2.05) is 0 Å². The Morgan fingerprint density at radius 1 is 1.53 bits per heavy atom. The molecule has 1 aromatic heterocycles. The monoisotopic (exact) mass is 209 g/mol. The van der Waals surface area contributed by atoms with Crippen LogP contribution in [0.4, 0.5) is 5.69 Å². The number of pyridine rings is 1. The topological polar surface area (TPSA) is 105 Å². The smallest absolute Gasteiger partial charge is 0.325 e. The van der Waals surface area contributed by atoms with Crippen molar-refractivity contribution in [3.05, 3.63) is 24.0 Å². The average Bonchev–Trinajstić information content (AvgIpc) is 2.18. The number of amides is 1. The number of nitrogen functional groups attached to an aromatic ring is 1. The minimum Gasteiger partial charge on any atom is -0.480 e. The van der Waals surface area contributed by atoms with Crippen molar-refractivity contribution in [2.24, 2.45) is 0 Å². The van der Waals surface area contributed by atoms with Gasteiger partial charge in [-0.25, -0.2) is 4.98 Å². The number of carbonyl (C=O) groups is 2. The number of carboxylic acids is 1. The highest BCUT2D eigenvalue weighted by Crippen LogP contribution is 2.01. The summed E-state index contributed by atoms with van der Waals surface area (Å²) in [5, 5.41) is 10.8. The lowest BCUT2D eigenvalue weighted by Gasteiger charge is -2.08. The van der Waals surface area contributed by atoms with Crippen molar-refractivity contribution in [1.29, 1.82) is 0 Å². The third-order valence-electron chi connectivity index (χ3n) is 1.74. The van der Waals surface area contributed by atoms with E-state index in [0.717, 1.165) is 0 Å². The van der Waals surface area contributed by atoms with E-state index < -0.39 is 17.9 Å². The van der Waals surface area contributed by atoms with E-state index in [-0.39, 0.29) is 5.69 Å². The zero-order valence-corrected chi connectivity index (χ0v) is 8.10. The first kappa shape index (κ1) is 11.0. The van der Waals surface area contributed by atoms with Gasteiger partial charge in [-0.2, -0.15) is 0 Å². The fourth-order valence-corrected chi connectivity index (χ4v) is 0.872.